The van der Waals surface area contributed by atoms with Crippen molar-refractivity contribution in [2.24, 2.45) is 35.3 Å². The number of nitrogens with one attached hydrogen (secondary N) is 1. The first-order chi connectivity index (χ1) is 16.9. The Hall–Kier alpha value is -2.01. The lowest BCUT2D eigenvalue weighted by Crippen LogP contribution is -2.59. The zero-order valence-electron chi connectivity index (χ0n) is 21.2. The van der Waals surface area contributed by atoms with Gasteiger partial charge in [0, 0.05) is 55.3 Å². The number of nitrogens with two attached hydrogens (primary N) is 1. The minimum atomic E-state index is -1.26. The number of hydrogen-bond acceptors (Lipinski definition) is 7. The summed E-state index contributed by atoms with van der Waals surface area (Å²) in [5.41, 5.74) is 5.58. The molecule has 5 aliphatic carbocycles. The molecule has 1 amide bonds. The molecule has 0 aromatic rings. The zero-order valence-corrected chi connectivity index (χ0v) is 21.2. The molecule has 6 rings (SSSR count). The van der Waals surface area contributed by atoms with Gasteiger partial charge >= 0.3 is 11.9 Å². The Labute approximate surface area is 211 Å². The zero-order chi connectivity index (χ0) is 26.1. The van der Waals surface area contributed by atoms with Crippen LogP contribution in [0.1, 0.15) is 78.1 Å². The van der Waals surface area contributed by atoms with E-state index in [0.29, 0.717) is 42.9 Å². The predicted molar refractivity (Wildman–Crippen MR) is 128 cm³/mol. The average Bonchev–Trinajstić information content (AvgIpc) is 3.16. The van der Waals surface area contributed by atoms with Gasteiger partial charge in [-0.2, -0.15) is 9.78 Å². The average molecular weight is 509 g/mol. The molecule has 10 nitrogen and oxygen atoms in total. The van der Waals surface area contributed by atoms with E-state index >= 15 is 0 Å². The molecule has 0 radical (unpaired) electrons. The van der Waals surface area contributed by atoms with Crippen molar-refractivity contribution in [2.75, 3.05) is 6.54 Å². The van der Waals surface area contributed by atoms with Crippen molar-refractivity contribution < 1.29 is 39.1 Å². The van der Waals surface area contributed by atoms with Gasteiger partial charge in [-0.25, -0.2) is 9.59 Å². The smallest absolute Gasteiger partial charge is 0.328 e. The van der Waals surface area contributed by atoms with Gasteiger partial charge in [0.05, 0.1) is 0 Å². The number of carbonyl (C=O) groups excluding carboxylic acids is 1. The summed E-state index contributed by atoms with van der Waals surface area (Å²) in [6.45, 7) is 4.36. The second-order valence-electron chi connectivity index (χ2n) is 12.1. The van der Waals surface area contributed by atoms with Gasteiger partial charge < -0.3 is 26.0 Å². The van der Waals surface area contributed by atoms with Crippen LogP contribution < -0.4 is 11.1 Å². The topological polar surface area (TPSA) is 157 Å². The number of ether oxygens (including phenoxy) is 1. The molecule has 1 saturated heterocycles. The van der Waals surface area contributed by atoms with Crippen LogP contribution in [0.3, 0.4) is 0 Å². The maximum atomic E-state index is 12.2. The summed E-state index contributed by atoms with van der Waals surface area (Å²) < 4.78 is 6.74. The quantitative estimate of drug-likeness (QED) is 0.313. The summed E-state index contributed by atoms with van der Waals surface area (Å²) in [6, 6.07) is 0. The van der Waals surface area contributed by atoms with Crippen molar-refractivity contribution in [3.05, 3.63) is 12.2 Å². The van der Waals surface area contributed by atoms with E-state index in [1.54, 1.807) is 0 Å². The number of amides is 1. The van der Waals surface area contributed by atoms with Crippen LogP contribution in [0.2, 0.25) is 0 Å². The van der Waals surface area contributed by atoms with Crippen molar-refractivity contribution in [3.63, 3.8) is 0 Å². The molecule has 5 N–H and O–H groups in total. The molecule has 202 valence electrons. The monoisotopic (exact) mass is 508 g/mol. The summed E-state index contributed by atoms with van der Waals surface area (Å²) in [6.07, 6.45) is 11.6. The van der Waals surface area contributed by atoms with Gasteiger partial charge in [0.15, 0.2) is 0 Å². The van der Waals surface area contributed by atoms with E-state index in [9.17, 15) is 14.4 Å². The third-order valence-corrected chi connectivity index (χ3v) is 8.40. The normalized spacial score (nSPS) is 38.8. The first-order valence-corrected chi connectivity index (χ1v) is 13.1. The predicted octanol–water partition coefficient (Wildman–Crippen LogP) is 2.96. The third kappa shape index (κ3) is 6.27. The minimum absolute atomic E-state index is 0.0986. The van der Waals surface area contributed by atoms with Gasteiger partial charge in [-0.3, -0.25) is 4.79 Å². The molecular formula is C26H40N2O8. The standard InChI is InChI=1S/C22H36N2O4.C4H4O4/c1-20(2,23)13-24-19(25)12-14-3-5-21(6-4-14)26-22(28-27-21)17-8-15-7-16(10-17)11-18(22)9-15;5-3(6)1-2-4(7)8/h14-18H,3-13,23H2,1-2H3,(H,24,25);1-2H,(H,5,6)(H,7,8)/b;2-1-. The lowest BCUT2D eigenvalue weighted by molar-refractivity contribution is -0.390. The fraction of sp³-hybridized carbons (Fsp3) is 0.808. The Morgan fingerprint density at radius 3 is 1.94 bits per heavy atom. The van der Waals surface area contributed by atoms with Crippen molar-refractivity contribution in [1.82, 2.24) is 5.32 Å². The van der Waals surface area contributed by atoms with Crippen molar-refractivity contribution in [1.29, 1.82) is 0 Å². The molecule has 5 saturated carbocycles. The third-order valence-electron chi connectivity index (χ3n) is 8.40. The highest BCUT2D eigenvalue weighted by atomic mass is 17.3. The highest BCUT2D eigenvalue weighted by molar-refractivity contribution is 5.89. The second kappa shape index (κ2) is 10.4. The minimum Gasteiger partial charge on any atom is -0.478 e. The summed E-state index contributed by atoms with van der Waals surface area (Å²) in [7, 11) is 0. The maximum absolute atomic E-state index is 12.2. The summed E-state index contributed by atoms with van der Waals surface area (Å²) in [4.78, 5) is 43.4. The maximum Gasteiger partial charge on any atom is 0.328 e. The first-order valence-electron chi connectivity index (χ1n) is 13.1. The molecule has 0 aromatic carbocycles. The number of carboxylic acids is 2. The van der Waals surface area contributed by atoms with E-state index in [0.717, 1.165) is 37.5 Å². The molecule has 4 bridgehead atoms. The Morgan fingerprint density at radius 1 is 0.944 bits per heavy atom. The summed E-state index contributed by atoms with van der Waals surface area (Å²) in [5.74, 6) is -0.326. The molecule has 1 heterocycles. The van der Waals surface area contributed by atoms with E-state index in [1.807, 2.05) is 13.8 Å². The van der Waals surface area contributed by atoms with Crippen LogP contribution in [-0.4, -0.2) is 51.7 Å². The molecular weight excluding hydrogens is 468 g/mol. The molecule has 0 atom stereocenters. The Kier molecular flexibility index (Phi) is 7.81. The molecule has 0 aromatic heterocycles. The highest BCUT2D eigenvalue weighted by Gasteiger charge is 2.66. The van der Waals surface area contributed by atoms with Crippen LogP contribution in [0.4, 0.5) is 0 Å². The van der Waals surface area contributed by atoms with Crippen molar-refractivity contribution in [2.45, 2.75) is 95.2 Å². The van der Waals surface area contributed by atoms with Gasteiger partial charge in [0.25, 0.3) is 0 Å². The van der Waals surface area contributed by atoms with Crippen LogP contribution in [0.25, 0.3) is 0 Å². The fourth-order valence-electron chi connectivity index (χ4n) is 6.92. The second-order valence-corrected chi connectivity index (χ2v) is 12.1. The first kappa shape index (κ1) is 27.0. The van der Waals surface area contributed by atoms with Gasteiger partial charge in [-0.1, -0.05) is 0 Å². The van der Waals surface area contributed by atoms with E-state index in [2.05, 4.69) is 5.32 Å². The highest BCUT2D eigenvalue weighted by Crippen LogP contribution is 2.63. The Balaban J connectivity index is 0.000000331. The fourth-order valence-corrected chi connectivity index (χ4v) is 6.92. The van der Waals surface area contributed by atoms with E-state index in [1.165, 1.54) is 32.1 Å². The molecule has 1 aliphatic heterocycles. The lowest BCUT2D eigenvalue weighted by Gasteiger charge is -2.57. The number of hydrogen-bond donors (Lipinski definition) is 4. The Morgan fingerprint density at radius 2 is 1.47 bits per heavy atom. The number of aliphatic carboxylic acids is 2. The number of carboxylic acid groups (broad SMARTS) is 2. The molecule has 2 spiro atoms. The van der Waals surface area contributed by atoms with Gasteiger partial charge in [0.2, 0.25) is 17.5 Å². The lowest BCUT2D eigenvalue weighted by atomic mass is 9.53. The molecule has 0 unspecified atom stereocenters. The van der Waals surface area contributed by atoms with E-state index in [-0.39, 0.29) is 11.4 Å². The SMILES string of the molecule is CC(C)(N)CNC(=O)CC1CCC2(CC1)OOC1(O2)C2CC3CC(C2)CC1C3.O=C(O)/C=C\C(=O)O. The number of carbonyl (C=O) groups is 3. The van der Waals surface area contributed by atoms with Crippen LogP contribution in [0.5, 0.6) is 0 Å². The molecule has 10 heteroatoms. The van der Waals surface area contributed by atoms with Crippen molar-refractivity contribution >= 4 is 17.8 Å². The van der Waals surface area contributed by atoms with Crippen LogP contribution in [0, 0.1) is 29.6 Å². The van der Waals surface area contributed by atoms with Crippen LogP contribution in [-0.2, 0) is 28.9 Å². The van der Waals surface area contributed by atoms with E-state index < -0.39 is 23.5 Å². The van der Waals surface area contributed by atoms with Gasteiger partial charge in [0.1, 0.15) is 0 Å². The molecule has 6 aliphatic rings. The summed E-state index contributed by atoms with van der Waals surface area (Å²) in [5, 5.41) is 18.6. The largest absolute Gasteiger partial charge is 0.478 e. The van der Waals surface area contributed by atoms with Gasteiger partial charge in [-0.15, -0.1) is 0 Å². The van der Waals surface area contributed by atoms with Crippen molar-refractivity contribution in [3.8, 4) is 0 Å². The Bertz CT molecular complexity index is 828. The molecule has 6 fully saturated rings. The van der Waals surface area contributed by atoms with E-state index in [4.69, 9.17) is 30.5 Å². The van der Waals surface area contributed by atoms with Crippen LogP contribution >= 0.6 is 0 Å². The van der Waals surface area contributed by atoms with Crippen LogP contribution in [0.15, 0.2) is 12.2 Å². The summed E-state index contributed by atoms with van der Waals surface area (Å²) >= 11 is 0. The number of rotatable bonds is 6. The molecule has 36 heavy (non-hydrogen) atoms. The van der Waals surface area contributed by atoms with Gasteiger partial charge in [-0.05, 0) is 76.5 Å².